The predicted octanol–water partition coefficient (Wildman–Crippen LogP) is 2.95. The van der Waals surface area contributed by atoms with Crippen LogP contribution in [0, 0.1) is 0 Å². The second-order valence-corrected chi connectivity index (χ2v) is 5.51. The fourth-order valence-electron chi connectivity index (χ4n) is 1.82. The van der Waals surface area contributed by atoms with Crippen molar-refractivity contribution in [3.05, 3.63) is 51.0 Å². The molecule has 0 fully saturated rings. The summed E-state index contributed by atoms with van der Waals surface area (Å²) in [5.41, 5.74) is 0.342. The van der Waals surface area contributed by atoms with Gasteiger partial charge in [-0.1, -0.05) is 28.1 Å². The largest absolute Gasteiger partial charge is 0.478 e. The Kier molecular flexibility index (Phi) is 4.04. The molecule has 1 aromatic heterocycles. The average Bonchev–Trinajstić information content (AvgIpc) is 2.38. The number of halogens is 1. The van der Waals surface area contributed by atoms with Crippen molar-refractivity contribution in [2.24, 2.45) is 0 Å². The maximum absolute atomic E-state index is 11.9. The number of carbonyl (C=O) groups is 1. The van der Waals surface area contributed by atoms with Crippen molar-refractivity contribution in [2.45, 2.75) is 19.9 Å². The molecular weight excluding hydrogens is 324 g/mol. The minimum absolute atomic E-state index is 0.0145. The standard InChI is InChI=1S/C14H13BrN2O3/c1-8(2)17-7-11(13(18)19)12(16-14(17)20)9-3-5-10(15)6-4-9/h3-8H,1-2H3,(H,18,19). The van der Waals surface area contributed by atoms with Crippen LogP contribution in [-0.4, -0.2) is 20.6 Å². The Hall–Kier alpha value is -1.95. The van der Waals surface area contributed by atoms with Crippen molar-refractivity contribution < 1.29 is 9.90 Å². The highest BCUT2D eigenvalue weighted by Gasteiger charge is 2.17. The molecule has 6 heteroatoms. The number of aromatic nitrogens is 2. The third-order valence-corrected chi connectivity index (χ3v) is 3.38. The van der Waals surface area contributed by atoms with Crippen LogP contribution in [0.4, 0.5) is 0 Å². The Balaban J connectivity index is 2.69. The molecule has 0 saturated heterocycles. The number of carboxylic acid groups (broad SMARTS) is 1. The molecule has 0 saturated carbocycles. The van der Waals surface area contributed by atoms with Gasteiger partial charge in [-0.05, 0) is 26.0 Å². The summed E-state index contributed by atoms with van der Waals surface area (Å²) in [5, 5.41) is 9.31. The zero-order chi connectivity index (χ0) is 14.9. The van der Waals surface area contributed by atoms with E-state index in [0.29, 0.717) is 5.56 Å². The summed E-state index contributed by atoms with van der Waals surface area (Å²) in [6, 6.07) is 6.84. The Bertz CT molecular complexity index is 705. The molecule has 5 nitrogen and oxygen atoms in total. The van der Waals surface area contributed by atoms with Gasteiger partial charge >= 0.3 is 11.7 Å². The van der Waals surface area contributed by atoms with E-state index in [4.69, 9.17) is 0 Å². The van der Waals surface area contributed by atoms with Crippen LogP contribution >= 0.6 is 15.9 Å². The third kappa shape index (κ3) is 2.80. The number of carboxylic acids is 1. The van der Waals surface area contributed by atoms with Crippen LogP contribution in [-0.2, 0) is 0 Å². The lowest BCUT2D eigenvalue weighted by Crippen LogP contribution is -2.26. The molecule has 2 aromatic rings. The van der Waals surface area contributed by atoms with Crippen molar-refractivity contribution in [1.29, 1.82) is 0 Å². The number of hydrogen-bond acceptors (Lipinski definition) is 3. The van der Waals surface area contributed by atoms with Gasteiger partial charge in [0, 0.05) is 22.3 Å². The Morgan fingerprint density at radius 1 is 1.30 bits per heavy atom. The van der Waals surface area contributed by atoms with Gasteiger partial charge in [-0.3, -0.25) is 4.57 Å². The van der Waals surface area contributed by atoms with Gasteiger partial charge in [-0.15, -0.1) is 0 Å². The lowest BCUT2D eigenvalue weighted by atomic mass is 10.1. The van der Waals surface area contributed by atoms with Crippen LogP contribution in [0.2, 0.25) is 0 Å². The summed E-state index contributed by atoms with van der Waals surface area (Å²) < 4.78 is 2.18. The molecule has 0 bridgehead atoms. The van der Waals surface area contributed by atoms with Gasteiger partial charge in [0.1, 0.15) is 5.56 Å². The van der Waals surface area contributed by atoms with Crippen molar-refractivity contribution in [1.82, 2.24) is 9.55 Å². The second kappa shape index (κ2) is 5.58. The molecule has 0 atom stereocenters. The molecule has 0 unspecified atom stereocenters. The van der Waals surface area contributed by atoms with Crippen molar-refractivity contribution in [3.63, 3.8) is 0 Å². The maximum atomic E-state index is 11.9. The second-order valence-electron chi connectivity index (χ2n) is 4.60. The molecule has 20 heavy (non-hydrogen) atoms. The van der Waals surface area contributed by atoms with Crippen LogP contribution in [0.15, 0.2) is 39.7 Å². The zero-order valence-corrected chi connectivity index (χ0v) is 12.6. The number of benzene rings is 1. The highest BCUT2D eigenvalue weighted by Crippen LogP contribution is 2.23. The predicted molar refractivity (Wildman–Crippen MR) is 79.0 cm³/mol. The average molecular weight is 337 g/mol. The van der Waals surface area contributed by atoms with Gasteiger partial charge in [0.05, 0.1) is 5.69 Å². The van der Waals surface area contributed by atoms with E-state index in [-0.39, 0.29) is 17.3 Å². The van der Waals surface area contributed by atoms with Crippen molar-refractivity contribution >= 4 is 21.9 Å². The molecule has 104 valence electrons. The number of rotatable bonds is 3. The molecule has 0 radical (unpaired) electrons. The topological polar surface area (TPSA) is 72.2 Å². The fraction of sp³-hybridized carbons (Fsp3) is 0.214. The Morgan fingerprint density at radius 3 is 2.40 bits per heavy atom. The van der Waals surface area contributed by atoms with Gasteiger partial charge in [-0.25, -0.2) is 9.59 Å². The first-order valence-electron chi connectivity index (χ1n) is 6.02. The minimum atomic E-state index is -1.11. The van der Waals surface area contributed by atoms with Gasteiger partial charge < -0.3 is 5.11 Å². The molecule has 0 spiro atoms. The van der Waals surface area contributed by atoms with E-state index in [1.807, 2.05) is 0 Å². The number of aromatic carboxylic acids is 1. The molecule has 0 amide bonds. The summed E-state index contributed by atoms with van der Waals surface area (Å²) in [4.78, 5) is 27.3. The molecular formula is C14H13BrN2O3. The van der Waals surface area contributed by atoms with E-state index in [9.17, 15) is 14.7 Å². The van der Waals surface area contributed by atoms with Crippen LogP contribution in [0.25, 0.3) is 11.3 Å². The smallest absolute Gasteiger partial charge is 0.348 e. The van der Waals surface area contributed by atoms with E-state index in [1.165, 1.54) is 10.8 Å². The molecule has 0 aliphatic carbocycles. The van der Waals surface area contributed by atoms with Crippen LogP contribution < -0.4 is 5.69 Å². The molecule has 1 N–H and O–H groups in total. The Labute approximate surface area is 124 Å². The lowest BCUT2D eigenvalue weighted by molar-refractivity contribution is 0.0696. The van der Waals surface area contributed by atoms with Gasteiger partial charge in [0.2, 0.25) is 0 Å². The zero-order valence-electron chi connectivity index (χ0n) is 11.0. The minimum Gasteiger partial charge on any atom is -0.478 e. The first-order valence-corrected chi connectivity index (χ1v) is 6.82. The van der Waals surface area contributed by atoms with E-state index in [0.717, 1.165) is 4.47 Å². The first-order chi connectivity index (χ1) is 9.40. The monoisotopic (exact) mass is 336 g/mol. The normalized spacial score (nSPS) is 10.8. The van der Waals surface area contributed by atoms with Crippen molar-refractivity contribution in [2.75, 3.05) is 0 Å². The SMILES string of the molecule is CC(C)n1cc(C(=O)O)c(-c2ccc(Br)cc2)nc1=O. The molecule has 0 aliphatic heterocycles. The van der Waals surface area contributed by atoms with E-state index in [1.54, 1.807) is 38.1 Å². The highest BCUT2D eigenvalue weighted by atomic mass is 79.9. The summed E-state index contributed by atoms with van der Waals surface area (Å²) in [7, 11) is 0. The molecule has 1 heterocycles. The maximum Gasteiger partial charge on any atom is 0.348 e. The van der Waals surface area contributed by atoms with E-state index >= 15 is 0 Å². The fourth-order valence-corrected chi connectivity index (χ4v) is 2.09. The summed E-state index contributed by atoms with van der Waals surface area (Å²) in [6.07, 6.45) is 1.35. The summed E-state index contributed by atoms with van der Waals surface area (Å²) >= 11 is 3.31. The quantitative estimate of drug-likeness (QED) is 0.935. The van der Waals surface area contributed by atoms with E-state index in [2.05, 4.69) is 20.9 Å². The van der Waals surface area contributed by atoms with Crippen LogP contribution in [0.5, 0.6) is 0 Å². The van der Waals surface area contributed by atoms with Crippen LogP contribution in [0.1, 0.15) is 30.2 Å². The summed E-state index contributed by atoms with van der Waals surface area (Å²) in [5.74, 6) is -1.11. The van der Waals surface area contributed by atoms with Gasteiger partial charge in [0.15, 0.2) is 0 Å². The lowest BCUT2D eigenvalue weighted by Gasteiger charge is -2.12. The Morgan fingerprint density at radius 2 is 1.90 bits per heavy atom. The number of hydrogen-bond donors (Lipinski definition) is 1. The first kappa shape index (κ1) is 14.5. The van der Waals surface area contributed by atoms with Crippen molar-refractivity contribution in [3.8, 4) is 11.3 Å². The van der Waals surface area contributed by atoms with Crippen LogP contribution in [0.3, 0.4) is 0 Å². The highest BCUT2D eigenvalue weighted by molar-refractivity contribution is 9.10. The third-order valence-electron chi connectivity index (χ3n) is 2.86. The summed E-state index contributed by atoms with van der Waals surface area (Å²) in [6.45, 7) is 3.60. The van der Waals surface area contributed by atoms with Gasteiger partial charge in [-0.2, -0.15) is 4.98 Å². The molecule has 2 rings (SSSR count). The number of nitrogens with zero attached hydrogens (tertiary/aromatic N) is 2. The van der Waals surface area contributed by atoms with Gasteiger partial charge in [0.25, 0.3) is 0 Å². The molecule has 1 aromatic carbocycles. The van der Waals surface area contributed by atoms with E-state index < -0.39 is 11.7 Å². The molecule has 0 aliphatic rings.